The van der Waals surface area contributed by atoms with Gasteiger partial charge in [0.05, 0.1) is 16.9 Å². The summed E-state index contributed by atoms with van der Waals surface area (Å²) in [5.74, 6) is 0. The molecule has 0 amide bonds. The summed E-state index contributed by atoms with van der Waals surface area (Å²) in [7, 11) is -4.08. The molecule has 0 radical (unpaired) electrons. The van der Waals surface area contributed by atoms with Gasteiger partial charge in [0.2, 0.25) is 0 Å². The Morgan fingerprint density at radius 1 is 1.18 bits per heavy atom. The minimum absolute atomic E-state index is 0.444. The van der Waals surface area contributed by atoms with Crippen LogP contribution in [0.3, 0.4) is 0 Å². The zero-order chi connectivity index (χ0) is 16.8. The Bertz CT molecular complexity index is 681. The number of rotatable bonds is 4. The molecule has 0 atom stereocenters. The molecule has 5 nitrogen and oxygen atoms in total. The molecular weight excluding hydrogens is 301 g/mol. The minimum atomic E-state index is -3.55. The van der Waals surface area contributed by atoms with Crippen molar-refractivity contribution in [2.24, 2.45) is 0 Å². The van der Waals surface area contributed by atoms with Gasteiger partial charge in [-0.05, 0) is 51.7 Å². The number of benzene rings is 1. The highest BCUT2D eigenvalue weighted by atomic mass is 32.2. The summed E-state index contributed by atoms with van der Waals surface area (Å²) < 4.78 is 37.9. The van der Waals surface area contributed by atoms with Crippen LogP contribution < -0.4 is 10.2 Å². The summed E-state index contributed by atoms with van der Waals surface area (Å²) in [6.45, 7) is 13.0. The van der Waals surface area contributed by atoms with Gasteiger partial charge in [0, 0.05) is 5.41 Å². The summed E-state index contributed by atoms with van der Waals surface area (Å²) in [6, 6.07) is 5.35. The van der Waals surface area contributed by atoms with Crippen LogP contribution in [0.15, 0.2) is 30.2 Å². The molecule has 0 bridgehead atoms. The second-order valence-electron chi connectivity index (χ2n) is 6.42. The second kappa shape index (κ2) is 5.40. The van der Waals surface area contributed by atoms with Crippen LogP contribution in [0.1, 0.15) is 33.3 Å². The van der Waals surface area contributed by atoms with Crippen LogP contribution >= 0.6 is 0 Å². The topological polar surface area (TPSA) is 64.6 Å². The summed E-state index contributed by atoms with van der Waals surface area (Å²) in [5, 5.41) is 0.883. The zero-order valence-electron chi connectivity index (χ0n) is 13.6. The monoisotopic (exact) mass is 323 g/mol. The van der Waals surface area contributed by atoms with Crippen LogP contribution in [-0.4, -0.2) is 26.7 Å². The number of hydrogen-bond acceptors (Lipinski definition) is 4. The number of anilines is 1. The molecular formula is C15H22BNO4S. The molecule has 1 aromatic carbocycles. The van der Waals surface area contributed by atoms with E-state index in [-0.39, 0.29) is 0 Å². The van der Waals surface area contributed by atoms with Crippen molar-refractivity contribution in [3.8, 4) is 0 Å². The Morgan fingerprint density at radius 2 is 1.73 bits per heavy atom. The molecule has 1 aromatic rings. The van der Waals surface area contributed by atoms with Gasteiger partial charge in [-0.25, -0.2) is 8.42 Å². The Labute approximate surface area is 132 Å². The molecule has 0 unspecified atom stereocenters. The Balaban J connectivity index is 2.37. The van der Waals surface area contributed by atoms with E-state index in [1.54, 1.807) is 12.1 Å². The lowest BCUT2D eigenvalue weighted by molar-refractivity contribution is 0.00578. The normalized spacial score (nSPS) is 20.0. The lowest BCUT2D eigenvalue weighted by Crippen LogP contribution is -2.41. The van der Waals surface area contributed by atoms with Crippen molar-refractivity contribution < 1.29 is 17.7 Å². The first kappa shape index (κ1) is 17.1. The molecule has 22 heavy (non-hydrogen) atoms. The largest absolute Gasteiger partial charge is 0.495 e. The van der Waals surface area contributed by atoms with E-state index in [0.717, 1.165) is 16.4 Å². The standard InChI is InChI=1S/C15H22BNO4S/c1-7-22(18,19)17-13-10-8-9-12(11(13)2)16-20-14(3,4)15(5,6)21-16/h7-10,17H,1H2,2-6H3. The van der Waals surface area contributed by atoms with Crippen molar-refractivity contribution in [2.45, 2.75) is 45.8 Å². The predicted molar refractivity (Wildman–Crippen MR) is 89.6 cm³/mol. The average molecular weight is 323 g/mol. The lowest BCUT2D eigenvalue weighted by atomic mass is 9.76. The quantitative estimate of drug-likeness (QED) is 0.863. The van der Waals surface area contributed by atoms with E-state index >= 15 is 0 Å². The van der Waals surface area contributed by atoms with Crippen LogP contribution in [0.5, 0.6) is 0 Å². The summed E-state index contributed by atoms with van der Waals surface area (Å²) >= 11 is 0. The van der Waals surface area contributed by atoms with Crippen molar-refractivity contribution >= 4 is 28.3 Å². The second-order valence-corrected chi connectivity index (χ2v) is 8.05. The number of sulfonamides is 1. The fourth-order valence-electron chi connectivity index (χ4n) is 2.18. The summed E-state index contributed by atoms with van der Waals surface area (Å²) in [4.78, 5) is 0. The lowest BCUT2D eigenvalue weighted by Gasteiger charge is -2.32. The fourth-order valence-corrected chi connectivity index (χ4v) is 2.80. The van der Waals surface area contributed by atoms with Crippen LogP contribution in [0, 0.1) is 6.92 Å². The maximum absolute atomic E-state index is 11.7. The van der Waals surface area contributed by atoms with Gasteiger partial charge in [0.1, 0.15) is 0 Å². The van der Waals surface area contributed by atoms with Gasteiger partial charge in [0.25, 0.3) is 10.0 Å². The molecule has 0 aliphatic carbocycles. The van der Waals surface area contributed by atoms with Gasteiger partial charge in [-0.15, -0.1) is 0 Å². The molecule has 1 heterocycles. The van der Waals surface area contributed by atoms with Gasteiger partial charge in [0.15, 0.2) is 0 Å². The molecule has 0 spiro atoms. The van der Waals surface area contributed by atoms with Crippen LogP contribution in [0.25, 0.3) is 0 Å². The van der Waals surface area contributed by atoms with Gasteiger partial charge in [-0.3, -0.25) is 4.72 Å². The van der Waals surface area contributed by atoms with Crippen molar-refractivity contribution in [2.75, 3.05) is 4.72 Å². The highest BCUT2D eigenvalue weighted by Crippen LogP contribution is 2.37. The SMILES string of the molecule is C=CS(=O)(=O)Nc1cccc(B2OC(C)(C)C(C)(C)O2)c1C. The summed E-state index contributed by atoms with van der Waals surface area (Å²) in [6.07, 6.45) is 0. The van der Waals surface area contributed by atoms with Crippen LogP contribution in [0.4, 0.5) is 5.69 Å². The first-order valence-electron chi connectivity index (χ1n) is 7.09. The van der Waals surface area contributed by atoms with E-state index in [2.05, 4.69) is 11.3 Å². The molecule has 1 N–H and O–H groups in total. The Hall–Kier alpha value is -1.31. The third-order valence-electron chi connectivity index (χ3n) is 4.35. The first-order valence-corrected chi connectivity index (χ1v) is 8.64. The number of nitrogens with one attached hydrogen (secondary N) is 1. The zero-order valence-corrected chi connectivity index (χ0v) is 14.5. The van der Waals surface area contributed by atoms with Gasteiger partial charge >= 0.3 is 7.12 Å². The van der Waals surface area contributed by atoms with Gasteiger partial charge < -0.3 is 9.31 Å². The van der Waals surface area contributed by atoms with Crippen LogP contribution in [-0.2, 0) is 19.3 Å². The third kappa shape index (κ3) is 3.07. The molecule has 0 aromatic heterocycles. The highest BCUT2D eigenvalue weighted by molar-refractivity contribution is 7.95. The summed E-state index contributed by atoms with van der Waals surface area (Å²) in [5.41, 5.74) is 1.18. The van der Waals surface area contributed by atoms with Gasteiger partial charge in [-0.1, -0.05) is 18.7 Å². The third-order valence-corrected chi connectivity index (χ3v) is 5.30. The van der Waals surface area contributed by atoms with Gasteiger partial charge in [-0.2, -0.15) is 0 Å². The minimum Gasteiger partial charge on any atom is -0.399 e. The van der Waals surface area contributed by atoms with Crippen molar-refractivity contribution in [1.82, 2.24) is 0 Å². The van der Waals surface area contributed by atoms with Crippen molar-refractivity contribution in [1.29, 1.82) is 0 Å². The van der Waals surface area contributed by atoms with E-state index in [4.69, 9.17) is 9.31 Å². The molecule has 1 fully saturated rings. The molecule has 120 valence electrons. The first-order chi connectivity index (χ1) is 9.99. The highest BCUT2D eigenvalue weighted by Gasteiger charge is 2.52. The van der Waals surface area contributed by atoms with Crippen molar-refractivity contribution in [3.63, 3.8) is 0 Å². The van der Waals surface area contributed by atoms with E-state index in [1.165, 1.54) is 0 Å². The Kier molecular flexibility index (Phi) is 4.19. The smallest absolute Gasteiger partial charge is 0.399 e. The predicted octanol–water partition coefficient (Wildman–Crippen LogP) is 2.18. The van der Waals surface area contributed by atoms with E-state index in [0.29, 0.717) is 5.69 Å². The average Bonchev–Trinajstić information content (AvgIpc) is 2.60. The Morgan fingerprint density at radius 3 is 2.23 bits per heavy atom. The number of hydrogen-bond donors (Lipinski definition) is 1. The van der Waals surface area contributed by atoms with E-state index in [9.17, 15) is 8.42 Å². The van der Waals surface area contributed by atoms with E-state index < -0.39 is 28.3 Å². The molecule has 2 rings (SSSR count). The fraction of sp³-hybridized carbons (Fsp3) is 0.467. The van der Waals surface area contributed by atoms with Crippen molar-refractivity contribution in [3.05, 3.63) is 35.7 Å². The molecule has 7 heteroatoms. The maximum Gasteiger partial charge on any atom is 0.495 e. The molecule has 1 aliphatic heterocycles. The maximum atomic E-state index is 11.7. The molecule has 1 aliphatic rings. The molecule has 1 saturated heterocycles. The van der Waals surface area contributed by atoms with Crippen LogP contribution in [0.2, 0.25) is 0 Å². The molecule has 0 saturated carbocycles. The van der Waals surface area contributed by atoms with E-state index in [1.807, 2.05) is 40.7 Å².